The standard InChI is InChI=1S/C14H25N3O4/c1-10-7-12(21-13(10)14(18)16-15)8-17(5-6-19-3)11(2)9-20-4/h7,11H,5-6,8-9,15H2,1-4H3,(H,16,18). The fourth-order valence-corrected chi connectivity index (χ4v) is 2.13. The number of aryl methyl sites for hydroxylation is 1. The Labute approximate surface area is 125 Å². The molecule has 120 valence electrons. The Morgan fingerprint density at radius 2 is 2.19 bits per heavy atom. The zero-order chi connectivity index (χ0) is 15.8. The summed E-state index contributed by atoms with van der Waals surface area (Å²) in [7, 11) is 3.34. The number of furan rings is 1. The largest absolute Gasteiger partial charge is 0.454 e. The topological polar surface area (TPSA) is 90.0 Å². The lowest BCUT2D eigenvalue weighted by Gasteiger charge is -2.27. The summed E-state index contributed by atoms with van der Waals surface area (Å²) in [4.78, 5) is 13.7. The summed E-state index contributed by atoms with van der Waals surface area (Å²) in [6, 6.07) is 2.06. The van der Waals surface area contributed by atoms with Gasteiger partial charge >= 0.3 is 5.91 Å². The first kappa shape index (κ1) is 17.6. The number of nitrogens with zero attached hydrogens (tertiary/aromatic N) is 1. The third kappa shape index (κ3) is 5.13. The Morgan fingerprint density at radius 1 is 1.48 bits per heavy atom. The number of nitrogens with two attached hydrogens (primary N) is 1. The molecule has 0 fully saturated rings. The minimum atomic E-state index is -0.424. The molecule has 0 aliphatic rings. The predicted octanol–water partition coefficient (Wildman–Crippen LogP) is 0.675. The van der Waals surface area contributed by atoms with E-state index >= 15 is 0 Å². The fraction of sp³-hybridized carbons (Fsp3) is 0.643. The van der Waals surface area contributed by atoms with Gasteiger partial charge in [-0.3, -0.25) is 15.1 Å². The Hall–Kier alpha value is -1.41. The Balaban J connectivity index is 2.80. The molecule has 0 aliphatic carbocycles. The van der Waals surface area contributed by atoms with Gasteiger partial charge in [0.25, 0.3) is 0 Å². The van der Waals surface area contributed by atoms with E-state index in [1.165, 1.54) is 0 Å². The van der Waals surface area contributed by atoms with Gasteiger partial charge in [0.15, 0.2) is 5.76 Å². The van der Waals surface area contributed by atoms with E-state index in [2.05, 4.69) is 17.2 Å². The molecule has 1 aromatic rings. The number of carbonyl (C=O) groups is 1. The summed E-state index contributed by atoms with van der Waals surface area (Å²) in [5.74, 6) is 5.67. The molecule has 1 aromatic heterocycles. The maximum absolute atomic E-state index is 11.6. The van der Waals surface area contributed by atoms with Crippen LogP contribution in [0.25, 0.3) is 0 Å². The number of nitrogens with one attached hydrogen (secondary N) is 1. The molecule has 1 amide bonds. The van der Waals surface area contributed by atoms with Crippen molar-refractivity contribution in [1.82, 2.24) is 10.3 Å². The van der Waals surface area contributed by atoms with Crippen molar-refractivity contribution < 1.29 is 18.7 Å². The van der Waals surface area contributed by atoms with E-state index in [0.717, 1.165) is 12.1 Å². The van der Waals surface area contributed by atoms with Gasteiger partial charge in [-0.15, -0.1) is 0 Å². The lowest BCUT2D eigenvalue weighted by atomic mass is 10.2. The van der Waals surface area contributed by atoms with Crippen LogP contribution in [0.15, 0.2) is 10.5 Å². The number of carbonyl (C=O) groups excluding carboxylic acids is 1. The monoisotopic (exact) mass is 299 g/mol. The van der Waals surface area contributed by atoms with E-state index in [9.17, 15) is 4.79 Å². The molecule has 0 saturated carbocycles. The Bertz CT molecular complexity index is 447. The first-order valence-corrected chi connectivity index (χ1v) is 6.85. The van der Waals surface area contributed by atoms with Crippen molar-refractivity contribution in [3.8, 4) is 0 Å². The smallest absolute Gasteiger partial charge is 0.301 e. The van der Waals surface area contributed by atoms with Crippen molar-refractivity contribution in [2.45, 2.75) is 26.4 Å². The molecule has 21 heavy (non-hydrogen) atoms. The van der Waals surface area contributed by atoms with Crippen molar-refractivity contribution >= 4 is 5.91 Å². The van der Waals surface area contributed by atoms with E-state index in [1.54, 1.807) is 14.2 Å². The van der Waals surface area contributed by atoms with Gasteiger partial charge in [-0.25, -0.2) is 5.84 Å². The van der Waals surface area contributed by atoms with Crippen LogP contribution in [-0.4, -0.2) is 50.8 Å². The molecule has 0 bridgehead atoms. The second-order valence-electron chi connectivity index (χ2n) is 4.97. The van der Waals surface area contributed by atoms with Crippen molar-refractivity contribution in [3.63, 3.8) is 0 Å². The summed E-state index contributed by atoms with van der Waals surface area (Å²) in [6.45, 7) is 6.44. The molecule has 0 aliphatic heterocycles. The van der Waals surface area contributed by atoms with Crippen LogP contribution < -0.4 is 11.3 Å². The van der Waals surface area contributed by atoms with Crippen LogP contribution in [0.2, 0.25) is 0 Å². The number of ether oxygens (including phenoxy) is 2. The zero-order valence-corrected chi connectivity index (χ0v) is 13.1. The maximum atomic E-state index is 11.6. The first-order chi connectivity index (χ1) is 10.0. The highest BCUT2D eigenvalue weighted by atomic mass is 16.5. The van der Waals surface area contributed by atoms with Crippen LogP contribution in [0, 0.1) is 6.92 Å². The summed E-state index contributed by atoms with van der Waals surface area (Å²) >= 11 is 0. The van der Waals surface area contributed by atoms with Gasteiger partial charge in [-0.1, -0.05) is 0 Å². The van der Waals surface area contributed by atoms with Gasteiger partial charge in [0.2, 0.25) is 0 Å². The minimum absolute atomic E-state index is 0.211. The van der Waals surface area contributed by atoms with Crippen LogP contribution in [0.1, 0.15) is 28.8 Å². The number of nitrogen functional groups attached to an aromatic ring is 1. The predicted molar refractivity (Wildman–Crippen MR) is 78.7 cm³/mol. The van der Waals surface area contributed by atoms with Crippen LogP contribution in [0.5, 0.6) is 0 Å². The Kier molecular flexibility index (Phi) is 7.38. The van der Waals surface area contributed by atoms with Crippen molar-refractivity contribution in [3.05, 3.63) is 23.2 Å². The lowest BCUT2D eigenvalue weighted by molar-refractivity contribution is 0.0657. The molecule has 7 heteroatoms. The molecule has 7 nitrogen and oxygen atoms in total. The van der Waals surface area contributed by atoms with Crippen molar-refractivity contribution in [1.29, 1.82) is 0 Å². The lowest BCUT2D eigenvalue weighted by Crippen LogP contribution is -2.37. The maximum Gasteiger partial charge on any atom is 0.301 e. The normalized spacial score (nSPS) is 12.7. The Morgan fingerprint density at radius 3 is 2.76 bits per heavy atom. The average Bonchev–Trinajstić information content (AvgIpc) is 2.83. The van der Waals surface area contributed by atoms with Gasteiger partial charge in [0.1, 0.15) is 5.76 Å². The molecule has 0 radical (unpaired) electrons. The third-order valence-corrected chi connectivity index (χ3v) is 3.28. The molecule has 3 N–H and O–H groups in total. The van der Waals surface area contributed by atoms with Gasteiger partial charge in [0, 0.05) is 32.4 Å². The molecule has 1 unspecified atom stereocenters. The SMILES string of the molecule is COCCN(Cc1cc(C)c(C(=O)NN)o1)C(C)COC. The van der Waals surface area contributed by atoms with Crippen LogP contribution in [0.3, 0.4) is 0 Å². The average molecular weight is 299 g/mol. The van der Waals surface area contributed by atoms with E-state index in [4.69, 9.17) is 19.7 Å². The number of amides is 1. The van der Waals surface area contributed by atoms with Crippen LogP contribution in [0.4, 0.5) is 0 Å². The molecule has 1 rings (SSSR count). The van der Waals surface area contributed by atoms with E-state index in [-0.39, 0.29) is 11.8 Å². The van der Waals surface area contributed by atoms with E-state index in [0.29, 0.717) is 25.5 Å². The van der Waals surface area contributed by atoms with E-state index in [1.807, 2.05) is 13.0 Å². The summed E-state index contributed by atoms with van der Waals surface area (Å²) in [5.41, 5.74) is 2.84. The number of rotatable bonds is 9. The number of methoxy groups -OCH3 is 2. The van der Waals surface area contributed by atoms with Crippen LogP contribution >= 0.6 is 0 Å². The van der Waals surface area contributed by atoms with Gasteiger partial charge in [-0.2, -0.15) is 0 Å². The first-order valence-electron chi connectivity index (χ1n) is 6.85. The van der Waals surface area contributed by atoms with Gasteiger partial charge in [0.05, 0.1) is 19.8 Å². The highest BCUT2D eigenvalue weighted by Crippen LogP contribution is 2.17. The van der Waals surface area contributed by atoms with Crippen LogP contribution in [-0.2, 0) is 16.0 Å². The van der Waals surface area contributed by atoms with Gasteiger partial charge in [-0.05, 0) is 19.9 Å². The molecule has 1 atom stereocenters. The minimum Gasteiger partial charge on any atom is -0.454 e. The third-order valence-electron chi connectivity index (χ3n) is 3.28. The zero-order valence-electron chi connectivity index (χ0n) is 13.1. The fourth-order valence-electron chi connectivity index (χ4n) is 2.13. The highest BCUT2D eigenvalue weighted by molar-refractivity contribution is 5.92. The molecule has 0 spiro atoms. The molecule has 0 saturated heterocycles. The van der Waals surface area contributed by atoms with Crippen molar-refractivity contribution in [2.75, 3.05) is 34.0 Å². The quantitative estimate of drug-likeness (QED) is 0.396. The number of hydrogen-bond donors (Lipinski definition) is 2. The van der Waals surface area contributed by atoms with Gasteiger partial charge < -0.3 is 13.9 Å². The summed E-state index contributed by atoms with van der Waals surface area (Å²) in [6.07, 6.45) is 0. The number of hydrazine groups is 1. The highest BCUT2D eigenvalue weighted by Gasteiger charge is 2.19. The second kappa shape index (κ2) is 8.78. The van der Waals surface area contributed by atoms with E-state index < -0.39 is 5.91 Å². The second-order valence-corrected chi connectivity index (χ2v) is 4.97. The summed E-state index contributed by atoms with van der Waals surface area (Å²) < 4.78 is 15.9. The molecular weight excluding hydrogens is 274 g/mol. The molecule has 0 aromatic carbocycles. The molecular formula is C14H25N3O4. The summed E-state index contributed by atoms with van der Waals surface area (Å²) in [5, 5.41) is 0. The molecule has 1 heterocycles. The van der Waals surface area contributed by atoms with Crippen molar-refractivity contribution in [2.24, 2.45) is 5.84 Å². The number of hydrogen-bond acceptors (Lipinski definition) is 6.